The van der Waals surface area contributed by atoms with E-state index in [1.54, 1.807) is 13.3 Å². The van der Waals surface area contributed by atoms with E-state index in [9.17, 15) is 0 Å². The molecule has 2 aromatic heterocycles. The van der Waals surface area contributed by atoms with Gasteiger partial charge in [-0.15, -0.1) is 11.6 Å². The summed E-state index contributed by atoms with van der Waals surface area (Å²) < 4.78 is 8.09. The molecule has 0 aliphatic rings. The Labute approximate surface area is 129 Å². The van der Waals surface area contributed by atoms with Crippen LogP contribution in [0.1, 0.15) is 5.82 Å². The molecular weight excluding hydrogens is 342 g/mol. The zero-order valence-electron chi connectivity index (χ0n) is 10.7. The number of aromatic nitrogens is 3. The Hall–Kier alpha value is -1.59. The second-order valence-electron chi connectivity index (χ2n) is 4.19. The Kier molecular flexibility index (Phi) is 3.63. The number of fused-ring (bicyclic) bond motifs is 1. The van der Waals surface area contributed by atoms with Crippen molar-refractivity contribution in [2.45, 2.75) is 5.88 Å². The van der Waals surface area contributed by atoms with Gasteiger partial charge < -0.3 is 4.74 Å². The molecule has 0 atom stereocenters. The smallest absolute Gasteiger partial charge is 0.164 e. The second-order valence-corrected chi connectivity index (χ2v) is 5.38. The third-order valence-electron chi connectivity index (χ3n) is 2.96. The van der Waals surface area contributed by atoms with Crippen LogP contribution in [-0.2, 0) is 5.88 Å². The average molecular weight is 353 g/mol. The van der Waals surface area contributed by atoms with Gasteiger partial charge in [0.2, 0.25) is 0 Å². The minimum atomic E-state index is 0.311. The molecule has 0 bridgehead atoms. The van der Waals surface area contributed by atoms with E-state index in [1.807, 2.05) is 34.9 Å². The summed E-state index contributed by atoms with van der Waals surface area (Å²) >= 11 is 9.42. The van der Waals surface area contributed by atoms with Gasteiger partial charge in [0, 0.05) is 16.7 Å². The first-order chi connectivity index (χ1) is 9.72. The van der Waals surface area contributed by atoms with E-state index >= 15 is 0 Å². The van der Waals surface area contributed by atoms with Gasteiger partial charge in [-0.05, 0) is 34.1 Å². The van der Waals surface area contributed by atoms with Crippen molar-refractivity contribution in [2.75, 3.05) is 7.11 Å². The lowest BCUT2D eigenvalue weighted by Crippen LogP contribution is -2.00. The van der Waals surface area contributed by atoms with E-state index in [4.69, 9.17) is 16.3 Å². The van der Waals surface area contributed by atoms with Crippen LogP contribution in [0.2, 0.25) is 0 Å². The second kappa shape index (κ2) is 5.42. The van der Waals surface area contributed by atoms with Crippen LogP contribution in [0.3, 0.4) is 0 Å². The summed E-state index contributed by atoms with van der Waals surface area (Å²) in [5.74, 6) is 1.84. The topological polar surface area (TPSA) is 39.9 Å². The van der Waals surface area contributed by atoms with Gasteiger partial charge in [0.15, 0.2) is 5.65 Å². The number of hydrogen-bond acceptors (Lipinski definition) is 3. The number of methoxy groups -OCH3 is 1. The predicted molar refractivity (Wildman–Crippen MR) is 82.7 cm³/mol. The highest BCUT2D eigenvalue weighted by atomic mass is 79.9. The first-order valence-electron chi connectivity index (χ1n) is 5.96. The number of imidazole rings is 1. The van der Waals surface area contributed by atoms with Crippen LogP contribution in [0.25, 0.3) is 16.9 Å². The van der Waals surface area contributed by atoms with Crippen molar-refractivity contribution in [3.63, 3.8) is 0 Å². The highest BCUT2D eigenvalue weighted by molar-refractivity contribution is 9.10. The first-order valence-corrected chi connectivity index (χ1v) is 7.29. The fourth-order valence-electron chi connectivity index (χ4n) is 2.10. The van der Waals surface area contributed by atoms with Gasteiger partial charge in [0.1, 0.15) is 17.1 Å². The normalized spacial score (nSPS) is 10.9. The van der Waals surface area contributed by atoms with E-state index in [0.29, 0.717) is 5.88 Å². The Morgan fingerprint density at radius 1 is 1.35 bits per heavy atom. The van der Waals surface area contributed by atoms with E-state index in [-0.39, 0.29) is 0 Å². The molecule has 6 heteroatoms. The number of alkyl halides is 1. The molecule has 0 N–H and O–H groups in total. The molecule has 0 radical (unpaired) electrons. The molecule has 2 heterocycles. The van der Waals surface area contributed by atoms with Crippen molar-refractivity contribution in [2.24, 2.45) is 0 Å². The minimum Gasteiger partial charge on any atom is -0.497 e. The van der Waals surface area contributed by atoms with Crippen LogP contribution in [0, 0.1) is 0 Å². The molecule has 0 saturated heterocycles. The number of ether oxygens (including phenoxy) is 1. The van der Waals surface area contributed by atoms with E-state index in [2.05, 4.69) is 25.9 Å². The fraction of sp³-hybridized carbons (Fsp3) is 0.143. The summed E-state index contributed by atoms with van der Waals surface area (Å²) in [5, 5.41) is 0. The van der Waals surface area contributed by atoms with E-state index in [1.165, 1.54) is 0 Å². The average Bonchev–Trinajstić information content (AvgIpc) is 2.84. The van der Waals surface area contributed by atoms with Gasteiger partial charge in [0.05, 0.1) is 18.7 Å². The van der Waals surface area contributed by atoms with E-state index in [0.717, 1.165) is 32.9 Å². The molecule has 0 aliphatic carbocycles. The third kappa shape index (κ3) is 2.27. The summed E-state index contributed by atoms with van der Waals surface area (Å²) in [6.45, 7) is 0. The maximum atomic E-state index is 6.01. The monoisotopic (exact) mass is 351 g/mol. The number of rotatable bonds is 3. The van der Waals surface area contributed by atoms with Gasteiger partial charge in [-0.25, -0.2) is 9.97 Å². The SMILES string of the molecule is COc1cccc(-n2c(CCl)nc3cc(Br)cnc32)c1. The third-order valence-corrected chi connectivity index (χ3v) is 3.64. The van der Waals surface area contributed by atoms with E-state index < -0.39 is 0 Å². The number of halogens is 2. The summed E-state index contributed by atoms with van der Waals surface area (Å²) in [4.78, 5) is 8.96. The molecule has 3 aromatic rings. The molecule has 3 rings (SSSR count). The lowest BCUT2D eigenvalue weighted by molar-refractivity contribution is 0.414. The van der Waals surface area contributed by atoms with Crippen molar-refractivity contribution in [3.8, 4) is 11.4 Å². The highest BCUT2D eigenvalue weighted by Crippen LogP contribution is 2.25. The summed E-state index contributed by atoms with van der Waals surface area (Å²) in [5.41, 5.74) is 2.51. The van der Waals surface area contributed by atoms with Gasteiger partial charge in [-0.2, -0.15) is 0 Å². The standard InChI is InChI=1S/C14H11BrClN3O/c1-20-11-4-2-3-10(6-11)19-13(7-16)18-12-5-9(15)8-17-14(12)19/h2-6,8H,7H2,1H3. The molecule has 0 aliphatic heterocycles. The highest BCUT2D eigenvalue weighted by Gasteiger charge is 2.13. The van der Waals surface area contributed by atoms with Crippen LogP contribution in [0.4, 0.5) is 0 Å². The molecule has 0 saturated carbocycles. The summed E-state index contributed by atoms with van der Waals surface area (Å²) in [6.07, 6.45) is 1.75. The summed E-state index contributed by atoms with van der Waals surface area (Å²) in [7, 11) is 1.64. The number of benzene rings is 1. The van der Waals surface area contributed by atoms with Crippen molar-refractivity contribution in [3.05, 3.63) is 46.8 Å². The lowest BCUT2D eigenvalue weighted by Gasteiger charge is -2.08. The number of nitrogens with zero attached hydrogens (tertiary/aromatic N) is 3. The quantitative estimate of drug-likeness (QED) is 0.671. The van der Waals surface area contributed by atoms with Crippen LogP contribution < -0.4 is 4.74 Å². The molecule has 0 unspecified atom stereocenters. The zero-order valence-corrected chi connectivity index (χ0v) is 13.0. The number of hydrogen-bond donors (Lipinski definition) is 0. The van der Waals surface area contributed by atoms with Crippen LogP contribution in [0.5, 0.6) is 5.75 Å². The fourth-order valence-corrected chi connectivity index (χ4v) is 2.60. The first kappa shape index (κ1) is 13.4. The van der Waals surface area contributed by atoms with Crippen LogP contribution in [0.15, 0.2) is 41.0 Å². The predicted octanol–water partition coefficient (Wildman–Crippen LogP) is 3.93. The van der Waals surface area contributed by atoms with Gasteiger partial charge in [0.25, 0.3) is 0 Å². The molecule has 102 valence electrons. The largest absolute Gasteiger partial charge is 0.497 e. The van der Waals surface area contributed by atoms with Gasteiger partial charge in [-0.3, -0.25) is 4.57 Å². The Morgan fingerprint density at radius 2 is 2.20 bits per heavy atom. The molecule has 20 heavy (non-hydrogen) atoms. The van der Waals surface area contributed by atoms with Crippen molar-refractivity contribution in [1.82, 2.24) is 14.5 Å². The van der Waals surface area contributed by atoms with Crippen LogP contribution >= 0.6 is 27.5 Å². The maximum absolute atomic E-state index is 6.01. The summed E-state index contributed by atoms with van der Waals surface area (Å²) in [6, 6.07) is 9.66. The minimum absolute atomic E-state index is 0.311. The van der Waals surface area contributed by atoms with Crippen molar-refractivity contribution in [1.29, 1.82) is 0 Å². The van der Waals surface area contributed by atoms with Crippen molar-refractivity contribution < 1.29 is 4.74 Å². The molecular formula is C14H11BrClN3O. The van der Waals surface area contributed by atoms with Crippen molar-refractivity contribution >= 4 is 38.7 Å². The molecule has 1 aromatic carbocycles. The molecule has 0 amide bonds. The zero-order chi connectivity index (χ0) is 14.1. The molecule has 4 nitrogen and oxygen atoms in total. The molecule has 0 fully saturated rings. The van der Waals surface area contributed by atoms with Crippen LogP contribution in [-0.4, -0.2) is 21.6 Å². The Morgan fingerprint density at radius 3 is 2.95 bits per heavy atom. The van der Waals surface area contributed by atoms with Gasteiger partial charge in [-0.1, -0.05) is 6.07 Å². The Balaban J connectivity index is 2.28. The molecule has 0 spiro atoms. The number of pyridine rings is 1. The lowest BCUT2D eigenvalue weighted by atomic mass is 10.3. The Bertz CT molecular complexity index is 772. The maximum Gasteiger partial charge on any atom is 0.164 e. The van der Waals surface area contributed by atoms with Gasteiger partial charge >= 0.3 is 0 Å².